The van der Waals surface area contributed by atoms with Crippen LogP contribution in [0.1, 0.15) is 43.9 Å². The molecule has 2 atom stereocenters. The lowest BCUT2D eigenvalue weighted by atomic mass is 10.0. The Labute approximate surface area is 116 Å². The SMILES string of the molecule is CCCNCc1ccoc1CN1CC2CCCC2C1. The molecule has 2 heterocycles. The van der Waals surface area contributed by atoms with Crippen LogP contribution in [0.3, 0.4) is 0 Å². The standard InChI is InChI=1S/C16H26N2O/c1-2-7-17-9-13-6-8-19-16(13)12-18-10-14-4-3-5-15(14)11-18/h6,8,14-15,17H,2-5,7,9-12H2,1H3. The summed E-state index contributed by atoms with van der Waals surface area (Å²) in [6, 6.07) is 2.12. The summed E-state index contributed by atoms with van der Waals surface area (Å²) in [5.41, 5.74) is 1.34. The molecule has 3 nitrogen and oxygen atoms in total. The first kappa shape index (κ1) is 13.2. The van der Waals surface area contributed by atoms with Gasteiger partial charge in [0.05, 0.1) is 12.8 Å². The van der Waals surface area contributed by atoms with E-state index >= 15 is 0 Å². The van der Waals surface area contributed by atoms with Crippen LogP contribution in [-0.4, -0.2) is 24.5 Å². The highest BCUT2D eigenvalue weighted by Gasteiger charge is 2.36. The van der Waals surface area contributed by atoms with E-state index in [-0.39, 0.29) is 0 Å². The molecule has 1 aromatic heterocycles. The zero-order chi connectivity index (χ0) is 13.1. The van der Waals surface area contributed by atoms with Gasteiger partial charge in [-0.2, -0.15) is 0 Å². The third-order valence-electron chi connectivity index (χ3n) is 4.75. The molecule has 0 spiro atoms. The van der Waals surface area contributed by atoms with Crippen molar-refractivity contribution in [1.82, 2.24) is 10.2 Å². The smallest absolute Gasteiger partial charge is 0.122 e. The highest BCUT2D eigenvalue weighted by atomic mass is 16.3. The van der Waals surface area contributed by atoms with Crippen LogP contribution in [0.15, 0.2) is 16.7 Å². The molecule has 0 amide bonds. The molecular weight excluding hydrogens is 236 g/mol. The van der Waals surface area contributed by atoms with Crippen LogP contribution >= 0.6 is 0 Å². The third-order valence-corrected chi connectivity index (χ3v) is 4.75. The summed E-state index contributed by atoms with van der Waals surface area (Å²) in [6.07, 6.45) is 7.38. The summed E-state index contributed by atoms with van der Waals surface area (Å²) >= 11 is 0. The van der Waals surface area contributed by atoms with Gasteiger partial charge in [0.25, 0.3) is 0 Å². The number of nitrogens with one attached hydrogen (secondary N) is 1. The molecule has 2 unspecified atom stereocenters. The van der Waals surface area contributed by atoms with Crippen molar-refractivity contribution < 1.29 is 4.42 Å². The second-order valence-electron chi connectivity index (χ2n) is 6.19. The largest absolute Gasteiger partial charge is 0.468 e. The van der Waals surface area contributed by atoms with Gasteiger partial charge in [-0.1, -0.05) is 13.3 Å². The van der Waals surface area contributed by atoms with Crippen molar-refractivity contribution in [3.63, 3.8) is 0 Å². The Kier molecular flexibility index (Phi) is 4.24. The summed E-state index contributed by atoms with van der Waals surface area (Å²) in [6.45, 7) is 7.80. The van der Waals surface area contributed by atoms with Gasteiger partial charge < -0.3 is 9.73 Å². The van der Waals surface area contributed by atoms with Gasteiger partial charge >= 0.3 is 0 Å². The van der Waals surface area contributed by atoms with Gasteiger partial charge in [-0.15, -0.1) is 0 Å². The number of rotatable bonds is 6. The zero-order valence-electron chi connectivity index (χ0n) is 12.0. The minimum absolute atomic E-state index is 0.945. The molecule has 0 radical (unpaired) electrons. The fraction of sp³-hybridized carbons (Fsp3) is 0.750. The normalized spacial score (nSPS) is 27.0. The van der Waals surface area contributed by atoms with Crippen molar-refractivity contribution in [2.45, 2.75) is 45.7 Å². The Morgan fingerprint density at radius 1 is 1.32 bits per heavy atom. The Balaban J connectivity index is 1.54. The van der Waals surface area contributed by atoms with E-state index in [1.807, 2.05) is 6.26 Å². The average molecular weight is 262 g/mol. The van der Waals surface area contributed by atoms with Crippen LogP contribution in [0.4, 0.5) is 0 Å². The van der Waals surface area contributed by atoms with E-state index in [2.05, 4.69) is 23.2 Å². The second kappa shape index (κ2) is 6.10. The Bertz CT molecular complexity index is 389. The first-order valence-electron chi connectivity index (χ1n) is 7.85. The highest BCUT2D eigenvalue weighted by Crippen LogP contribution is 2.38. The lowest BCUT2D eigenvalue weighted by molar-refractivity contribution is 0.274. The van der Waals surface area contributed by atoms with E-state index in [9.17, 15) is 0 Å². The summed E-state index contributed by atoms with van der Waals surface area (Å²) < 4.78 is 5.70. The molecule has 3 heteroatoms. The maximum Gasteiger partial charge on any atom is 0.122 e. The van der Waals surface area contributed by atoms with Crippen molar-refractivity contribution in [2.24, 2.45) is 11.8 Å². The number of hydrogen-bond donors (Lipinski definition) is 1. The fourth-order valence-electron chi connectivity index (χ4n) is 3.73. The van der Waals surface area contributed by atoms with Crippen molar-refractivity contribution in [2.75, 3.05) is 19.6 Å². The van der Waals surface area contributed by atoms with Gasteiger partial charge in [-0.25, -0.2) is 0 Å². The monoisotopic (exact) mass is 262 g/mol. The molecular formula is C16H26N2O. The highest BCUT2D eigenvalue weighted by molar-refractivity contribution is 5.17. The number of fused-ring (bicyclic) bond motifs is 1. The van der Waals surface area contributed by atoms with Gasteiger partial charge in [0.1, 0.15) is 5.76 Å². The van der Waals surface area contributed by atoms with Gasteiger partial charge in [0, 0.05) is 25.2 Å². The molecule has 1 aliphatic carbocycles. The van der Waals surface area contributed by atoms with E-state index in [4.69, 9.17) is 4.42 Å². The van der Waals surface area contributed by atoms with Crippen LogP contribution in [-0.2, 0) is 13.1 Å². The van der Waals surface area contributed by atoms with Crippen LogP contribution < -0.4 is 5.32 Å². The summed E-state index contributed by atoms with van der Waals surface area (Å²) in [4.78, 5) is 2.59. The topological polar surface area (TPSA) is 28.4 Å². The molecule has 2 aliphatic rings. The number of likely N-dealkylation sites (tertiary alicyclic amines) is 1. The predicted molar refractivity (Wildman–Crippen MR) is 76.8 cm³/mol. The molecule has 19 heavy (non-hydrogen) atoms. The Hall–Kier alpha value is -0.800. The maximum absolute atomic E-state index is 5.70. The predicted octanol–water partition coefficient (Wildman–Crippen LogP) is 3.01. The summed E-state index contributed by atoms with van der Waals surface area (Å²) in [5.74, 6) is 3.11. The van der Waals surface area contributed by atoms with Crippen LogP contribution in [0, 0.1) is 11.8 Å². The number of hydrogen-bond acceptors (Lipinski definition) is 3. The molecule has 2 fully saturated rings. The quantitative estimate of drug-likeness (QED) is 0.799. The minimum atomic E-state index is 0.945. The van der Waals surface area contributed by atoms with Gasteiger partial charge in [-0.3, -0.25) is 4.90 Å². The molecule has 0 bridgehead atoms. The molecule has 1 N–H and O–H groups in total. The van der Waals surface area contributed by atoms with Crippen LogP contribution in [0.2, 0.25) is 0 Å². The second-order valence-corrected chi connectivity index (χ2v) is 6.19. The number of furan rings is 1. The zero-order valence-corrected chi connectivity index (χ0v) is 12.0. The lowest BCUT2D eigenvalue weighted by Gasteiger charge is -2.16. The van der Waals surface area contributed by atoms with Crippen LogP contribution in [0.5, 0.6) is 0 Å². The van der Waals surface area contributed by atoms with Crippen molar-refractivity contribution in [1.29, 1.82) is 0 Å². The first-order valence-corrected chi connectivity index (χ1v) is 7.85. The maximum atomic E-state index is 5.70. The first-order chi connectivity index (χ1) is 9.36. The van der Waals surface area contributed by atoms with Crippen molar-refractivity contribution in [3.05, 3.63) is 23.7 Å². The van der Waals surface area contributed by atoms with Gasteiger partial charge in [0.2, 0.25) is 0 Å². The fourth-order valence-corrected chi connectivity index (χ4v) is 3.73. The van der Waals surface area contributed by atoms with Crippen molar-refractivity contribution >= 4 is 0 Å². The lowest BCUT2D eigenvalue weighted by Crippen LogP contribution is -2.22. The molecule has 1 saturated carbocycles. The number of nitrogens with zero attached hydrogens (tertiary/aromatic N) is 1. The van der Waals surface area contributed by atoms with E-state index in [0.717, 1.165) is 31.5 Å². The minimum Gasteiger partial charge on any atom is -0.468 e. The molecule has 1 aliphatic heterocycles. The van der Waals surface area contributed by atoms with E-state index in [1.54, 1.807) is 0 Å². The molecule has 1 aromatic rings. The Morgan fingerprint density at radius 2 is 2.11 bits per heavy atom. The van der Waals surface area contributed by atoms with Gasteiger partial charge in [-0.05, 0) is 43.7 Å². The molecule has 3 rings (SSSR count). The van der Waals surface area contributed by atoms with Crippen molar-refractivity contribution in [3.8, 4) is 0 Å². The van der Waals surface area contributed by atoms with E-state index in [1.165, 1.54) is 50.1 Å². The van der Waals surface area contributed by atoms with E-state index in [0.29, 0.717) is 0 Å². The Morgan fingerprint density at radius 3 is 2.84 bits per heavy atom. The average Bonchev–Trinajstić information content (AvgIpc) is 3.06. The molecule has 1 saturated heterocycles. The van der Waals surface area contributed by atoms with E-state index < -0.39 is 0 Å². The van der Waals surface area contributed by atoms with Crippen LogP contribution in [0.25, 0.3) is 0 Å². The molecule has 0 aromatic carbocycles. The summed E-state index contributed by atoms with van der Waals surface area (Å²) in [5, 5.41) is 3.46. The third kappa shape index (κ3) is 3.03. The molecule has 106 valence electrons. The van der Waals surface area contributed by atoms with Gasteiger partial charge in [0.15, 0.2) is 0 Å². The summed E-state index contributed by atoms with van der Waals surface area (Å²) in [7, 11) is 0.